The third kappa shape index (κ3) is 3.37. The zero-order valence-corrected chi connectivity index (χ0v) is 17.0. The number of Topliss-reactive ketones (excluding diaryl/α,β-unsaturated/α-hetero) is 1. The van der Waals surface area contributed by atoms with Crippen molar-refractivity contribution in [1.82, 2.24) is 0 Å². The lowest BCUT2D eigenvalue weighted by Crippen LogP contribution is -2.29. The molecule has 1 aliphatic heterocycles. The highest BCUT2D eigenvalue weighted by Gasteiger charge is 2.48. The molecule has 1 fully saturated rings. The number of methoxy groups -OCH3 is 2. The van der Waals surface area contributed by atoms with Gasteiger partial charge in [-0.2, -0.15) is 0 Å². The van der Waals surface area contributed by atoms with Gasteiger partial charge < -0.3 is 19.0 Å². The molecular formula is C23H17F2NO6. The standard InChI is InChI=1S/C23H17F2NO6/c1-30-13-6-8-17(31-2)14(11-13)21(27)19-20(18-4-3-9-32-18)26(23(29)22(19)28)12-5-7-15(24)16(25)10-12/h3-11,20,27H,1-2H3/b21-19-. The Kier molecular flexibility index (Phi) is 5.40. The van der Waals surface area contributed by atoms with Crippen LogP contribution in [0.3, 0.4) is 0 Å². The molecule has 1 unspecified atom stereocenters. The number of anilines is 1. The van der Waals surface area contributed by atoms with E-state index in [-0.39, 0.29) is 28.3 Å². The van der Waals surface area contributed by atoms with Gasteiger partial charge in [0.15, 0.2) is 11.6 Å². The van der Waals surface area contributed by atoms with Gasteiger partial charge in [-0.15, -0.1) is 0 Å². The smallest absolute Gasteiger partial charge is 0.300 e. The van der Waals surface area contributed by atoms with E-state index in [1.165, 1.54) is 44.7 Å². The van der Waals surface area contributed by atoms with Crippen LogP contribution in [-0.2, 0) is 9.59 Å². The lowest BCUT2D eigenvalue weighted by atomic mass is 9.98. The number of ether oxygens (including phenoxy) is 2. The topological polar surface area (TPSA) is 89.2 Å². The molecule has 164 valence electrons. The van der Waals surface area contributed by atoms with Crippen molar-refractivity contribution >= 4 is 23.1 Å². The molecule has 32 heavy (non-hydrogen) atoms. The molecule has 4 rings (SSSR count). The number of nitrogens with zero attached hydrogens (tertiary/aromatic N) is 1. The average Bonchev–Trinajstić information content (AvgIpc) is 3.42. The van der Waals surface area contributed by atoms with E-state index in [0.717, 1.165) is 23.1 Å². The Labute approximate surface area is 181 Å². The van der Waals surface area contributed by atoms with Crippen molar-refractivity contribution in [3.8, 4) is 11.5 Å². The van der Waals surface area contributed by atoms with Gasteiger partial charge in [-0.1, -0.05) is 0 Å². The number of aliphatic hydroxyl groups is 1. The summed E-state index contributed by atoms with van der Waals surface area (Å²) in [5.41, 5.74) is -0.281. The minimum atomic E-state index is -1.23. The van der Waals surface area contributed by atoms with Crippen molar-refractivity contribution in [3.63, 3.8) is 0 Å². The number of halogens is 2. The Morgan fingerprint density at radius 2 is 1.81 bits per heavy atom. The minimum Gasteiger partial charge on any atom is -0.507 e. The number of hydrogen-bond donors (Lipinski definition) is 1. The molecule has 0 saturated carbocycles. The first-order chi connectivity index (χ1) is 15.4. The molecule has 1 aromatic heterocycles. The number of carbonyl (C=O) groups excluding carboxylic acids is 2. The van der Waals surface area contributed by atoms with Gasteiger partial charge in [0.05, 0.1) is 31.6 Å². The minimum absolute atomic E-state index is 0.0796. The molecule has 1 aliphatic rings. The summed E-state index contributed by atoms with van der Waals surface area (Å²) in [6, 6.07) is 9.17. The van der Waals surface area contributed by atoms with Gasteiger partial charge in [-0.05, 0) is 42.5 Å². The van der Waals surface area contributed by atoms with E-state index in [1.54, 1.807) is 6.07 Å². The zero-order chi connectivity index (χ0) is 23.0. The number of amides is 1. The normalized spacial score (nSPS) is 17.6. The highest BCUT2D eigenvalue weighted by Crippen LogP contribution is 2.44. The first-order valence-corrected chi connectivity index (χ1v) is 9.39. The number of ketones is 1. The Hall–Kier alpha value is -4.14. The first-order valence-electron chi connectivity index (χ1n) is 9.39. The fourth-order valence-corrected chi connectivity index (χ4v) is 3.59. The highest BCUT2D eigenvalue weighted by molar-refractivity contribution is 6.51. The number of rotatable bonds is 5. The molecule has 2 heterocycles. The zero-order valence-electron chi connectivity index (χ0n) is 17.0. The molecule has 1 amide bonds. The third-order valence-corrected chi connectivity index (χ3v) is 5.10. The lowest BCUT2D eigenvalue weighted by molar-refractivity contribution is -0.132. The summed E-state index contributed by atoms with van der Waals surface area (Å²) in [6.07, 6.45) is 1.33. The summed E-state index contributed by atoms with van der Waals surface area (Å²) in [5.74, 6) is -4.18. The number of aliphatic hydroxyl groups excluding tert-OH is 1. The van der Waals surface area contributed by atoms with Crippen LogP contribution in [0.2, 0.25) is 0 Å². The molecule has 0 spiro atoms. The molecule has 1 atom stereocenters. The van der Waals surface area contributed by atoms with Gasteiger partial charge in [0, 0.05) is 11.8 Å². The highest BCUT2D eigenvalue weighted by atomic mass is 19.2. The Balaban J connectivity index is 1.96. The van der Waals surface area contributed by atoms with Gasteiger partial charge in [0.25, 0.3) is 11.7 Å². The molecule has 9 heteroatoms. The second-order valence-corrected chi connectivity index (χ2v) is 6.85. The van der Waals surface area contributed by atoms with Crippen LogP contribution in [0, 0.1) is 11.6 Å². The second-order valence-electron chi connectivity index (χ2n) is 6.85. The maximum absolute atomic E-state index is 13.9. The van der Waals surface area contributed by atoms with Crippen molar-refractivity contribution in [1.29, 1.82) is 0 Å². The number of carbonyl (C=O) groups is 2. The molecular weight excluding hydrogens is 424 g/mol. The van der Waals surface area contributed by atoms with Crippen LogP contribution in [0.4, 0.5) is 14.5 Å². The number of furan rings is 1. The number of hydrogen-bond acceptors (Lipinski definition) is 6. The summed E-state index contributed by atoms with van der Waals surface area (Å²) in [7, 11) is 2.80. The van der Waals surface area contributed by atoms with E-state index in [4.69, 9.17) is 13.9 Å². The fourth-order valence-electron chi connectivity index (χ4n) is 3.59. The van der Waals surface area contributed by atoms with Crippen molar-refractivity contribution in [2.24, 2.45) is 0 Å². The largest absolute Gasteiger partial charge is 0.507 e. The van der Waals surface area contributed by atoms with E-state index in [0.29, 0.717) is 5.75 Å². The van der Waals surface area contributed by atoms with Crippen molar-refractivity contribution in [3.05, 3.63) is 83.3 Å². The van der Waals surface area contributed by atoms with E-state index < -0.39 is 35.1 Å². The van der Waals surface area contributed by atoms with Gasteiger partial charge >= 0.3 is 0 Å². The summed E-state index contributed by atoms with van der Waals surface area (Å²) in [6.45, 7) is 0. The average molecular weight is 441 g/mol. The van der Waals surface area contributed by atoms with Gasteiger partial charge in [0.2, 0.25) is 0 Å². The molecule has 0 radical (unpaired) electrons. The first kappa shape index (κ1) is 21.1. The van der Waals surface area contributed by atoms with Crippen LogP contribution in [0.25, 0.3) is 5.76 Å². The van der Waals surface area contributed by atoms with Gasteiger partial charge in [0.1, 0.15) is 29.1 Å². The van der Waals surface area contributed by atoms with E-state index in [1.807, 2.05) is 0 Å². The predicted octanol–water partition coefficient (Wildman–Crippen LogP) is 4.20. The van der Waals surface area contributed by atoms with Gasteiger partial charge in [-0.25, -0.2) is 8.78 Å². The van der Waals surface area contributed by atoms with Crippen molar-refractivity contribution in [2.75, 3.05) is 19.1 Å². The van der Waals surface area contributed by atoms with Crippen LogP contribution >= 0.6 is 0 Å². The maximum Gasteiger partial charge on any atom is 0.300 e. The predicted molar refractivity (Wildman–Crippen MR) is 109 cm³/mol. The van der Waals surface area contributed by atoms with Crippen LogP contribution < -0.4 is 14.4 Å². The molecule has 1 N–H and O–H groups in total. The quantitative estimate of drug-likeness (QED) is 0.363. The summed E-state index contributed by atoms with van der Waals surface area (Å²) in [5, 5.41) is 11.1. The summed E-state index contributed by atoms with van der Waals surface area (Å²) < 4.78 is 43.3. The van der Waals surface area contributed by atoms with Crippen LogP contribution in [0.15, 0.2) is 64.8 Å². The second kappa shape index (κ2) is 8.18. The maximum atomic E-state index is 13.9. The Bertz CT molecular complexity index is 1240. The van der Waals surface area contributed by atoms with E-state index in [2.05, 4.69) is 0 Å². The van der Waals surface area contributed by atoms with Crippen LogP contribution in [0.1, 0.15) is 17.4 Å². The van der Waals surface area contributed by atoms with Crippen molar-refractivity contribution < 1.29 is 37.4 Å². The molecule has 3 aromatic rings. The van der Waals surface area contributed by atoms with E-state index in [9.17, 15) is 23.5 Å². The van der Waals surface area contributed by atoms with Gasteiger partial charge in [-0.3, -0.25) is 14.5 Å². The molecule has 7 nitrogen and oxygen atoms in total. The van der Waals surface area contributed by atoms with Crippen molar-refractivity contribution in [2.45, 2.75) is 6.04 Å². The van der Waals surface area contributed by atoms with Crippen LogP contribution in [0.5, 0.6) is 11.5 Å². The molecule has 0 bridgehead atoms. The SMILES string of the molecule is COc1ccc(OC)c(/C(O)=C2/C(=O)C(=O)N(c3ccc(F)c(F)c3)C2c2ccco2)c1. The molecule has 0 aliphatic carbocycles. The molecule has 2 aromatic carbocycles. The Morgan fingerprint density at radius 1 is 1.03 bits per heavy atom. The summed E-state index contributed by atoms with van der Waals surface area (Å²) in [4.78, 5) is 26.9. The Morgan fingerprint density at radius 3 is 2.44 bits per heavy atom. The monoisotopic (exact) mass is 441 g/mol. The van der Waals surface area contributed by atoms with Crippen LogP contribution in [-0.4, -0.2) is 31.0 Å². The number of benzene rings is 2. The summed E-state index contributed by atoms with van der Waals surface area (Å²) >= 11 is 0. The molecule has 1 saturated heterocycles. The lowest BCUT2D eigenvalue weighted by Gasteiger charge is -2.23. The third-order valence-electron chi connectivity index (χ3n) is 5.10. The fraction of sp³-hybridized carbons (Fsp3) is 0.130. The van der Waals surface area contributed by atoms with E-state index >= 15 is 0 Å².